The number of nitrogens with one attached hydrogen (secondary N) is 1. The molecule has 0 spiro atoms. The van der Waals surface area contributed by atoms with E-state index in [2.05, 4.69) is 5.32 Å². The first-order valence-electron chi connectivity index (χ1n) is 3.53. The van der Waals surface area contributed by atoms with Gasteiger partial charge in [-0.2, -0.15) is 0 Å². The molecule has 0 aliphatic carbocycles. The van der Waals surface area contributed by atoms with Crippen LogP contribution in [0.1, 0.15) is 19.3 Å². The van der Waals surface area contributed by atoms with Crippen LogP contribution in [0.2, 0.25) is 0 Å². The fourth-order valence-corrected chi connectivity index (χ4v) is 1.01. The van der Waals surface area contributed by atoms with Crippen LogP contribution in [0.5, 0.6) is 0 Å². The van der Waals surface area contributed by atoms with Gasteiger partial charge in [-0.05, 0) is 13.0 Å². The van der Waals surface area contributed by atoms with Crippen LogP contribution in [0, 0.1) is 0 Å². The van der Waals surface area contributed by atoms with Gasteiger partial charge in [-0.15, -0.1) is 0 Å². The van der Waals surface area contributed by atoms with Crippen LogP contribution in [-0.4, -0.2) is 24.7 Å². The van der Waals surface area contributed by atoms with Crippen LogP contribution in [0.25, 0.3) is 0 Å². The number of Topliss-reactive ketones (excluding diaryl/α,β-unsaturated/α-hetero) is 2. The minimum atomic E-state index is 0.0182. The number of ketones is 2. The van der Waals surface area contributed by atoms with E-state index in [9.17, 15) is 9.59 Å². The smallest absolute Gasteiger partial charge is 0.153 e. The first-order chi connectivity index (χ1) is 4.79. The lowest BCUT2D eigenvalue weighted by molar-refractivity contribution is -0.127. The van der Waals surface area contributed by atoms with E-state index in [-0.39, 0.29) is 18.0 Å². The Labute approximate surface area is 59.8 Å². The molecule has 0 radical (unpaired) electrons. The number of rotatable bonds is 0. The molecule has 0 atom stereocenters. The van der Waals surface area contributed by atoms with Gasteiger partial charge >= 0.3 is 0 Å². The second-order valence-electron chi connectivity index (χ2n) is 2.53. The second kappa shape index (κ2) is 3.46. The van der Waals surface area contributed by atoms with Gasteiger partial charge in [0.2, 0.25) is 0 Å². The molecule has 0 bridgehead atoms. The summed E-state index contributed by atoms with van der Waals surface area (Å²) in [6.45, 7) is 1.16. The van der Waals surface area contributed by atoms with Crippen LogP contribution in [0.4, 0.5) is 0 Å². The molecule has 1 heterocycles. The van der Waals surface area contributed by atoms with E-state index in [0.717, 1.165) is 13.0 Å². The molecule has 1 rings (SSSR count). The summed E-state index contributed by atoms with van der Waals surface area (Å²) >= 11 is 0. The molecular weight excluding hydrogens is 130 g/mol. The van der Waals surface area contributed by atoms with Crippen molar-refractivity contribution in [2.24, 2.45) is 0 Å². The molecule has 0 saturated carbocycles. The monoisotopic (exact) mass is 141 g/mol. The summed E-state index contributed by atoms with van der Waals surface area (Å²) in [5.41, 5.74) is 0. The van der Waals surface area contributed by atoms with E-state index in [0.29, 0.717) is 13.0 Å². The summed E-state index contributed by atoms with van der Waals surface area (Å²) in [4.78, 5) is 21.6. The lowest BCUT2D eigenvalue weighted by Gasteiger charge is -2.07. The zero-order valence-electron chi connectivity index (χ0n) is 5.85. The Morgan fingerprint density at radius 3 is 2.80 bits per heavy atom. The lowest BCUT2D eigenvalue weighted by atomic mass is 10.1. The molecule has 3 heteroatoms. The van der Waals surface area contributed by atoms with Gasteiger partial charge in [0.05, 0.1) is 13.0 Å². The quantitative estimate of drug-likeness (QED) is 0.479. The Morgan fingerprint density at radius 2 is 2.00 bits per heavy atom. The molecule has 10 heavy (non-hydrogen) atoms. The third kappa shape index (κ3) is 2.27. The van der Waals surface area contributed by atoms with Gasteiger partial charge in [0.15, 0.2) is 5.78 Å². The number of hydrogen-bond donors (Lipinski definition) is 1. The van der Waals surface area contributed by atoms with Crippen LogP contribution in [-0.2, 0) is 9.59 Å². The lowest BCUT2D eigenvalue weighted by Crippen LogP contribution is -2.28. The molecular formula is C7H11NO2. The SMILES string of the molecule is O=C1CCCNCC(=O)C1. The fourth-order valence-electron chi connectivity index (χ4n) is 1.01. The van der Waals surface area contributed by atoms with Gasteiger partial charge in [0, 0.05) is 6.42 Å². The summed E-state index contributed by atoms with van der Waals surface area (Å²) < 4.78 is 0. The van der Waals surface area contributed by atoms with Crippen LogP contribution >= 0.6 is 0 Å². The van der Waals surface area contributed by atoms with Gasteiger partial charge in [-0.25, -0.2) is 0 Å². The number of carbonyl (C=O) groups excluding carboxylic acids is 2. The highest BCUT2D eigenvalue weighted by atomic mass is 16.1. The molecule has 3 nitrogen and oxygen atoms in total. The van der Waals surface area contributed by atoms with Crippen molar-refractivity contribution in [1.82, 2.24) is 5.32 Å². The summed E-state index contributed by atoms with van der Waals surface area (Å²) in [5, 5.41) is 2.96. The largest absolute Gasteiger partial charge is 0.310 e. The van der Waals surface area contributed by atoms with Crippen molar-refractivity contribution in [3.63, 3.8) is 0 Å². The molecule has 0 unspecified atom stereocenters. The summed E-state index contributed by atoms with van der Waals surface area (Å²) in [6.07, 6.45) is 1.55. The average molecular weight is 141 g/mol. The molecule has 0 aromatic carbocycles. The van der Waals surface area contributed by atoms with Crippen LogP contribution in [0.3, 0.4) is 0 Å². The van der Waals surface area contributed by atoms with E-state index < -0.39 is 0 Å². The highest BCUT2D eigenvalue weighted by molar-refractivity contribution is 6.00. The van der Waals surface area contributed by atoms with E-state index in [1.165, 1.54) is 0 Å². The maximum absolute atomic E-state index is 10.8. The molecule has 1 aliphatic rings. The molecule has 56 valence electrons. The number of hydrogen-bond acceptors (Lipinski definition) is 3. The highest BCUT2D eigenvalue weighted by Gasteiger charge is 2.11. The third-order valence-corrected chi connectivity index (χ3v) is 1.53. The van der Waals surface area contributed by atoms with Crippen molar-refractivity contribution in [2.75, 3.05) is 13.1 Å². The van der Waals surface area contributed by atoms with Gasteiger partial charge in [0.25, 0.3) is 0 Å². The highest BCUT2D eigenvalue weighted by Crippen LogP contribution is 1.97. The van der Waals surface area contributed by atoms with Gasteiger partial charge in [-0.3, -0.25) is 9.59 Å². The summed E-state index contributed by atoms with van der Waals surface area (Å²) in [7, 11) is 0. The van der Waals surface area contributed by atoms with Crippen molar-refractivity contribution < 1.29 is 9.59 Å². The maximum atomic E-state index is 10.8. The predicted octanol–water partition coefficient (Wildman–Crippen LogP) is -0.102. The third-order valence-electron chi connectivity index (χ3n) is 1.53. The minimum Gasteiger partial charge on any atom is -0.310 e. The molecule has 1 fully saturated rings. The summed E-state index contributed by atoms with van der Waals surface area (Å²) in [6, 6.07) is 0. The Kier molecular flexibility index (Phi) is 2.57. The van der Waals surface area contributed by atoms with Crippen molar-refractivity contribution in [3.8, 4) is 0 Å². The van der Waals surface area contributed by atoms with Gasteiger partial charge < -0.3 is 5.32 Å². The van der Waals surface area contributed by atoms with Crippen molar-refractivity contribution >= 4 is 11.6 Å². The Balaban J connectivity index is 2.40. The van der Waals surface area contributed by atoms with E-state index >= 15 is 0 Å². The maximum Gasteiger partial charge on any atom is 0.153 e. The topological polar surface area (TPSA) is 46.2 Å². The van der Waals surface area contributed by atoms with Crippen molar-refractivity contribution in [2.45, 2.75) is 19.3 Å². The zero-order chi connectivity index (χ0) is 7.40. The molecule has 0 amide bonds. The van der Waals surface area contributed by atoms with Crippen LogP contribution < -0.4 is 5.32 Å². The van der Waals surface area contributed by atoms with E-state index in [4.69, 9.17) is 0 Å². The molecule has 0 aromatic heterocycles. The zero-order valence-corrected chi connectivity index (χ0v) is 5.85. The molecule has 0 aromatic rings. The van der Waals surface area contributed by atoms with Crippen molar-refractivity contribution in [3.05, 3.63) is 0 Å². The van der Waals surface area contributed by atoms with Crippen molar-refractivity contribution in [1.29, 1.82) is 0 Å². The van der Waals surface area contributed by atoms with Crippen LogP contribution in [0.15, 0.2) is 0 Å². The predicted molar refractivity (Wildman–Crippen MR) is 36.7 cm³/mol. The second-order valence-corrected chi connectivity index (χ2v) is 2.53. The normalized spacial score (nSPS) is 22.0. The first-order valence-corrected chi connectivity index (χ1v) is 3.53. The summed E-state index contributed by atoms with van der Waals surface area (Å²) in [5.74, 6) is 0.108. The Bertz CT molecular complexity index is 138. The number of carbonyl (C=O) groups is 2. The molecule has 1 N–H and O–H groups in total. The minimum absolute atomic E-state index is 0.0182. The fraction of sp³-hybridized carbons (Fsp3) is 0.714. The van der Waals surface area contributed by atoms with Gasteiger partial charge in [0.1, 0.15) is 5.78 Å². The van der Waals surface area contributed by atoms with E-state index in [1.54, 1.807) is 0 Å². The molecule has 1 saturated heterocycles. The Morgan fingerprint density at radius 1 is 1.20 bits per heavy atom. The average Bonchev–Trinajstić information content (AvgIpc) is 1.83. The first kappa shape index (κ1) is 7.41. The van der Waals surface area contributed by atoms with E-state index in [1.807, 2.05) is 0 Å². The molecule has 1 aliphatic heterocycles. The standard InChI is InChI=1S/C7H11NO2/c9-6-2-1-3-8-5-7(10)4-6/h8H,1-5H2. The Hall–Kier alpha value is -0.700. The van der Waals surface area contributed by atoms with Gasteiger partial charge in [-0.1, -0.05) is 0 Å².